The molecule has 0 heterocycles. The Bertz CT molecular complexity index is 1230. The number of benzene rings is 3. The number of nitrogens with one attached hydrogen (secondary N) is 3. The first-order valence-electron chi connectivity index (χ1n) is 10.6. The number of alkyl halides is 3. The zero-order valence-corrected chi connectivity index (χ0v) is 18.9. The van der Waals surface area contributed by atoms with Gasteiger partial charge in [-0.1, -0.05) is 30.8 Å². The van der Waals surface area contributed by atoms with Crippen molar-refractivity contribution in [3.05, 3.63) is 96.1 Å². The van der Waals surface area contributed by atoms with Crippen molar-refractivity contribution in [2.24, 2.45) is 0 Å². The van der Waals surface area contributed by atoms with E-state index in [9.17, 15) is 22.8 Å². The van der Waals surface area contributed by atoms with E-state index in [4.69, 9.17) is 4.74 Å². The van der Waals surface area contributed by atoms with Crippen LogP contribution in [-0.2, 0) is 11.0 Å². The molecule has 0 radical (unpaired) electrons. The van der Waals surface area contributed by atoms with Gasteiger partial charge in [-0.25, -0.2) is 0 Å². The van der Waals surface area contributed by atoms with Gasteiger partial charge in [-0.3, -0.25) is 9.59 Å². The predicted molar refractivity (Wildman–Crippen MR) is 130 cm³/mol. The summed E-state index contributed by atoms with van der Waals surface area (Å²) >= 11 is 0. The third-order valence-electron chi connectivity index (χ3n) is 4.66. The number of hydrogen-bond acceptors (Lipinski definition) is 4. The van der Waals surface area contributed by atoms with Crippen LogP contribution in [0, 0.1) is 0 Å². The first-order chi connectivity index (χ1) is 16.6. The van der Waals surface area contributed by atoms with Gasteiger partial charge in [-0.15, -0.1) is 0 Å². The largest absolute Gasteiger partial charge is 0.487 e. The molecule has 0 aromatic heterocycles. The molecule has 182 valence electrons. The third-order valence-corrected chi connectivity index (χ3v) is 4.66. The highest BCUT2D eigenvalue weighted by atomic mass is 19.4. The average molecular weight is 483 g/mol. The Morgan fingerprint density at radius 3 is 2.37 bits per heavy atom. The number of ether oxygens (including phenoxy) is 1. The summed E-state index contributed by atoms with van der Waals surface area (Å²) in [6, 6.07) is 17.7. The Hall–Kier alpha value is -4.27. The summed E-state index contributed by atoms with van der Waals surface area (Å²) < 4.78 is 44.3. The quantitative estimate of drug-likeness (QED) is 0.328. The molecule has 3 rings (SSSR count). The Kier molecular flexibility index (Phi) is 8.14. The van der Waals surface area contributed by atoms with Gasteiger partial charge in [0.2, 0.25) is 5.91 Å². The van der Waals surface area contributed by atoms with Crippen molar-refractivity contribution in [2.45, 2.75) is 13.1 Å². The van der Waals surface area contributed by atoms with Gasteiger partial charge in [0.15, 0.2) is 0 Å². The summed E-state index contributed by atoms with van der Waals surface area (Å²) in [5.41, 5.74) is 1.22. The van der Waals surface area contributed by atoms with Crippen molar-refractivity contribution in [3.8, 4) is 5.75 Å². The minimum atomic E-state index is -4.51. The fourth-order valence-corrected chi connectivity index (χ4v) is 3.02. The Morgan fingerprint density at radius 2 is 1.63 bits per heavy atom. The number of carbonyl (C=O) groups is 2. The van der Waals surface area contributed by atoms with E-state index in [-0.39, 0.29) is 23.7 Å². The molecule has 0 saturated heterocycles. The molecule has 0 fully saturated rings. The lowest BCUT2D eigenvalue weighted by Crippen LogP contribution is -2.22. The summed E-state index contributed by atoms with van der Waals surface area (Å²) in [6.07, 6.45) is -4.51. The van der Waals surface area contributed by atoms with Crippen molar-refractivity contribution in [1.82, 2.24) is 0 Å². The Balaban J connectivity index is 1.60. The first-order valence-corrected chi connectivity index (χ1v) is 10.6. The monoisotopic (exact) mass is 483 g/mol. The highest BCUT2D eigenvalue weighted by Crippen LogP contribution is 2.31. The topological polar surface area (TPSA) is 79.5 Å². The molecular formula is C26H24F3N3O3. The maximum absolute atomic E-state index is 12.9. The molecule has 0 aliphatic rings. The van der Waals surface area contributed by atoms with Gasteiger partial charge in [-0.05, 0) is 61.0 Å². The number of halogens is 3. The lowest BCUT2D eigenvalue weighted by molar-refractivity contribution is -0.137. The minimum absolute atomic E-state index is 0.0232. The fraction of sp³-hybridized carbons (Fsp3) is 0.154. The molecule has 0 aliphatic carbocycles. The molecule has 3 aromatic rings. The van der Waals surface area contributed by atoms with E-state index in [0.29, 0.717) is 23.7 Å². The van der Waals surface area contributed by atoms with E-state index in [1.807, 2.05) is 6.92 Å². The number of carbonyl (C=O) groups excluding carboxylic acids is 2. The number of hydrogen-bond donors (Lipinski definition) is 3. The number of anilines is 3. The lowest BCUT2D eigenvalue weighted by Gasteiger charge is -2.13. The zero-order valence-electron chi connectivity index (χ0n) is 18.9. The van der Waals surface area contributed by atoms with Crippen LogP contribution >= 0.6 is 0 Å². The normalized spacial score (nSPS) is 10.9. The Morgan fingerprint density at radius 1 is 0.914 bits per heavy atom. The molecule has 35 heavy (non-hydrogen) atoms. The van der Waals surface area contributed by atoms with E-state index in [2.05, 4.69) is 22.5 Å². The van der Waals surface area contributed by atoms with Crippen LogP contribution in [0.2, 0.25) is 0 Å². The molecule has 0 bridgehead atoms. The van der Waals surface area contributed by atoms with Gasteiger partial charge in [0, 0.05) is 16.9 Å². The Labute approximate surface area is 200 Å². The predicted octanol–water partition coefficient (Wildman–Crippen LogP) is 5.96. The lowest BCUT2D eigenvalue weighted by atomic mass is 10.1. The maximum Gasteiger partial charge on any atom is 0.416 e. The minimum Gasteiger partial charge on any atom is -0.487 e. The second-order valence-corrected chi connectivity index (χ2v) is 7.76. The summed E-state index contributed by atoms with van der Waals surface area (Å²) in [5.74, 6) is -0.409. The van der Waals surface area contributed by atoms with Gasteiger partial charge in [0.05, 0.1) is 17.8 Å². The zero-order chi connectivity index (χ0) is 25.4. The second kappa shape index (κ2) is 11.2. The van der Waals surface area contributed by atoms with Gasteiger partial charge < -0.3 is 20.7 Å². The van der Waals surface area contributed by atoms with Crippen LogP contribution in [0.25, 0.3) is 0 Å². The van der Waals surface area contributed by atoms with Gasteiger partial charge in [0.25, 0.3) is 5.91 Å². The molecule has 3 N–H and O–H groups in total. The van der Waals surface area contributed by atoms with Crippen LogP contribution in [0.15, 0.2) is 84.9 Å². The first kappa shape index (κ1) is 25.4. The number of rotatable bonds is 9. The van der Waals surface area contributed by atoms with E-state index in [1.165, 1.54) is 24.3 Å². The highest BCUT2D eigenvalue weighted by molar-refractivity contribution is 6.05. The van der Waals surface area contributed by atoms with Crippen molar-refractivity contribution < 1.29 is 27.5 Å². The van der Waals surface area contributed by atoms with Crippen molar-refractivity contribution in [3.63, 3.8) is 0 Å². The molecule has 9 heteroatoms. The van der Waals surface area contributed by atoms with Gasteiger partial charge in [0.1, 0.15) is 12.4 Å². The number of para-hydroxylation sites is 2. The number of amides is 2. The molecule has 0 unspecified atom stereocenters. The molecule has 0 aliphatic heterocycles. The van der Waals surface area contributed by atoms with Gasteiger partial charge in [-0.2, -0.15) is 13.2 Å². The summed E-state index contributed by atoms with van der Waals surface area (Å²) in [6.45, 7) is 5.85. The molecule has 3 aromatic carbocycles. The van der Waals surface area contributed by atoms with Crippen molar-refractivity contribution >= 4 is 28.9 Å². The smallest absolute Gasteiger partial charge is 0.416 e. The van der Waals surface area contributed by atoms with Crippen LogP contribution in [-0.4, -0.2) is 25.0 Å². The van der Waals surface area contributed by atoms with Crippen LogP contribution in [0.4, 0.5) is 30.2 Å². The van der Waals surface area contributed by atoms with Gasteiger partial charge >= 0.3 is 6.18 Å². The van der Waals surface area contributed by atoms with Crippen LogP contribution in [0.3, 0.4) is 0 Å². The second-order valence-electron chi connectivity index (χ2n) is 7.76. The SMILES string of the molecule is C=C(C)COc1ccccc1NC(=O)CNc1cccc(C(=O)Nc2cccc(C(F)(F)F)c2)c1. The summed E-state index contributed by atoms with van der Waals surface area (Å²) in [7, 11) is 0. The maximum atomic E-state index is 12.9. The summed E-state index contributed by atoms with van der Waals surface area (Å²) in [5, 5.41) is 8.15. The van der Waals surface area contributed by atoms with E-state index in [1.54, 1.807) is 36.4 Å². The van der Waals surface area contributed by atoms with Crippen molar-refractivity contribution in [2.75, 3.05) is 29.1 Å². The molecule has 0 atom stereocenters. The molecule has 0 spiro atoms. The molecular weight excluding hydrogens is 459 g/mol. The van der Waals surface area contributed by atoms with Crippen LogP contribution in [0.1, 0.15) is 22.8 Å². The molecule has 6 nitrogen and oxygen atoms in total. The molecule has 2 amide bonds. The van der Waals surface area contributed by atoms with Crippen LogP contribution < -0.4 is 20.7 Å². The third kappa shape index (κ3) is 7.63. The molecule has 0 saturated carbocycles. The average Bonchev–Trinajstić information content (AvgIpc) is 2.82. The fourth-order valence-electron chi connectivity index (χ4n) is 3.02. The summed E-state index contributed by atoms with van der Waals surface area (Å²) in [4.78, 5) is 25.0. The van der Waals surface area contributed by atoms with E-state index < -0.39 is 17.6 Å². The highest BCUT2D eigenvalue weighted by Gasteiger charge is 2.30. The van der Waals surface area contributed by atoms with Crippen LogP contribution in [0.5, 0.6) is 5.75 Å². The van der Waals surface area contributed by atoms with E-state index >= 15 is 0 Å². The van der Waals surface area contributed by atoms with Crippen molar-refractivity contribution in [1.29, 1.82) is 0 Å². The standard InChI is InChI=1S/C26H24F3N3O3/c1-17(2)16-35-23-12-4-3-11-22(23)32-24(33)15-30-20-9-5-7-18(13-20)25(34)31-21-10-6-8-19(14-21)26(27,28)29/h3-14,30H,1,15-16H2,2H3,(H,31,34)(H,32,33). The van der Waals surface area contributed by atoms with E-state index in [0.717, 1.165) is 17.7 Å².